The maximum atomic E-state index is 13.3. The van der Waals surface area contributed by atoms with Crippen LogP contribution >= 0.6 is 39.5 Å². The molecule has 0 bridgehead atoms. The zero-order valence-corrected chi connectivity index (χ0v) is 19.4. The van der Waals surface area contributed by atoms with Crippen molar-refractivity contribution in [2.45, 2.75) is 37.3 Å². The Morgan fingerprint density at radius 2 is 2.04 bits per heavy atom. The van der Waals surface area contributed by atoms with E-state index in [0.29, 0.717) is 12.3 Å². The molecule has 1 fully saturated rings. The average molecular weight is 493 g/mol. The number of hydrogen-bond acceptors (Lipinski definition) is 7. The first kappa shape index (κ1) is 23.2. The van der Waals surface area contributed by atoms with Gasteiger partial charge in [0.25, 0.3) is 11.6 Å². The van der Waals surface area contributed by atoms with Gasteiger partial charge in [0.1, 0.15) is 11.1 Å². The molecule has 0 N–H and O–H groups in total. The van der Waals surface area contributed by atoms with Crippen molar-refractivity contribution in [2.75, 3.05) is 30.7 Å². The van der Waals surface area contributed by atoms with Crippen LogP contribution in [0.1, 0.15) is 37.0 Å². The summed E-state index contributed by atoms with van der Waals surface area (Å²) in [6.07, 6.45) is 1.81. The first-order valence-corrected chi connectivity index (χ1v) is 12.3. The topological polar surface area (TPSA) is 81.9 Å². The van der Waals surface area contributed by atoms with E-state index in [-0.39, 0.29) is 39.0 Å². The first-order chi connectivity index (χ1) is 13.5. The molecule has 1 amide bonds. The molecule has 7 nitrogen and oxygen atoms in total. The van der Waals surface area contributed by atoms with Gasteiger partial charge in [0.05, 0.1) is 28.7 Å². The summed E-state index contributed by atoms with van der Waals surface area (Å²) in [7, 11) is 1.45. The van der Waals surface area contributed by atoms with Crippen molar-refractivity contribution in [1.82, 2.24) is 4.90 Å². The summed E-state index contributed by atoms with van der Waals surface area (Å²) in [5.41, 5.74) is -0.0701. The number of amides is 1. The fraction of sp³-hybridized carbons (Fsp3) is 0.611. The third-order valence-corrected chi connectivity index (χ3v) is 7.45. The maximum Gasteiger partial charge on any atom is 0.286 e. The lowest BCUT2D eigenvalue weighted by Gasteiger charge is -2.31. The van der Waals surface area contributed by atoms with Crippen molar-refractivity contribution in [2.24, 2.45) is 0 Å². The predicted molar refractivity (Wildman–Crippen MR) is 118 cm³/mol. The van der Waals surface area contributed by atoms with E-state index in [0.717, 1.165) is 24.3 Å². The average Bonchev–Trinajstić information content (AvgIpc) is 3.16. The van der Waals surface area contributed by atoms with Gasteiger partial charge in [-0.2, -0.15) is 0 Å². The van der Waals surface area contributed by atoms with Gasteiger partial charge in [-0.15, -0.1) is 23.5 Å². The monoisotopic (exact) mass is 492 g/mol. The number of rotatable bonds is 10. The molecular formula is C18H25BrN2O5S2. The summed E-state index contributed by atoms with van der Waals surface area (Å²) in [4.78, 5) is 26.2. The summed E-state index contributed by atoms with van der Waals surface area (Å²) in [5, 5.41) is 11.6. The Kier molecular flexibility index (Phi) is 9.23. The van der Waals surface area contributed by atoms with Gasteiger partial charge in [-0.3, -0.25) is 14.9 Å². The van der Waals surface area contributed by atoms with Crippen molar-refractivity contribution < 1.29 is 19.2 Å². The molecule has 0 aliphatic carbocycles. The minimum Gasteiger partial charge on any atom is -0.493 e. The molecular weight excluding hydrogens is 468 g/mol. The van der Waals surface area contributed by atoms with Crippen LogP contribution in [0.2, 0.25) is 0 Å². The van der Waals surface area contributed by atoms with Crippen LogP contribution in [-0.2, 0) is 0 Å². The Hall–Kier alpha value is -1.13. The second kappa shape index (κ2) is 11.2. The fourth-order valence-corrected chi connectivity index (χ4v) is 6.40. The maximum absolute atomic E-state index is 13.3. The lowest BCUT2D eigenvalue weighted by atomic mass is 10.1. The quantitative estimate of drug-likeness (QED) is 0.201. The molecule has 28 heavy (non-hydrogen) atoms. The molecule has 1 atom stereocenters. The number of methoxy groups -OCH3 is 1. The van der Waals surface area contributed by atoms with Crippen LogP contribution in [0.4, 0.5) is 5.69 Å². The van der Waals surface area contributed by atoms with Gasteiger partial charge in [0.15, 0.2) is 11.5 Å². The third-order valence-electron chi connectivity index (χ3n) is 4.46. The van der Waals surface area contributed by atoms with Crippen molar-refractivity contribution in [3.8, 4) is 11.5 Å². The molecule has 0 radical (unpaired) electrons. The van der Waals surface area contributed by atoms with Crippen LogP contribution < -0.4 is 9.47 Å². The Morgan fingerprint density at radius 3 is 2.57 bits per heavy atom. The molecule has 1 aromatic rings. The highest BCUT2D eigenvalue weighted by Crippen LogP contribution is 2.39. The predicted octanol–water partition coefficient (Wildman–Crippen LogP) is 4.77. The highest BCUT2D eigenvalue weighted by Gasteiger charge is 2.38. The van der Waals surface area contributed by atoms with Gasteiger partial charge in [0, 0.05) is 12.6 Å². The minimum atomic E-state index is -0.544. The molecule has 1 aromatic carbocycles. The normalized spacial score (nSPS) is 16.5. The van der Waals surface area contributed by atoms with Gasteiger partial charge in [-0.05, 0) is 40.3 Å². The van der Waals surface area contributed by atoms with Crippen LogP contribution in [0.5, 0.6) is 11.5 Å². The number of thioether (sulfide) groups is 2. The summed E-state index contributed by atoms with van der Waals surface area (Å²) < 4.78 is 10.9. The number of nitro groups is 1. The Morgan fingerprint density at radius 1 is 1.36 bits per heavy atom. The molecule has 0 aromatic heterocycles. The Labute approximate surface area is 182 Å². The van der Waals surface area contributed by atoms with Gasteiger partial charge in [-0.1, -0.05) is 13.8 Å². The highest BCUT2D eigenvalue weighted by atomic mass is 79.9. The van der Waals surface area contributed by atoms with Crippen LogP contribution in [0.25, 0.3) is 0 Å². The van der Waals surface area contributed by atoms with E-state index >= 15 is 0 Å². The number of carbonyl (C=O) groups is 1. The van der Waals surface area contributed by atoms with Gasteiger partial charge in [0.2, 0.25) is 0 Å². The Balaban J connectivity index is 2.41. The van der Waals surface area contributed by atoms with Crippen molar-refractivity contribution >= 4 is 51.0 Å². The number of alkyl halides is 1. The van der Waals surface area contributed by atoms with Gasteiger partial charge in [-0.25, -0.2) is 0 Å². The van der Waals surface area contributed by atoms with E-state index in [4.69, 9.17) is 9.47 Å². The van der Waals surface area contributed by atoms with Crippen LogP contribution in [0.15, 0.2) is 12.1 Å². The van der Waals surface area contributed by atoms with E-state index in [1.165, 1.54) is 19.2 Å². The standard InChI is InChI=1S/C18H25BrN2O5S2/c1-4-27-18(28-5-2)13-7-6-8-20(13)17(22)12-9-15(25-3)16(26-11-19)10-14(12)21(23)24/h9-10,13,18H,4-8,11H2,1-3H3/t13-/m0/s1. The first-order valence-electron chi connectivity index (χ1n) is 9.07. The van der Waals surface area contributed by atoms with Crippen molar-refractivity contribution in [3.63, 3.8) is 0 Å². The molecule has 2 rings (SSSR count). The molecule has 0 spiro atoms. The second-order valence-corrected chi connectivity index (χ2v) is 9.61. The van der Waals surface area contributed by atoms with Crippen LogP contribution in [0, 0.1) is 10.1 Å². The number of ether oxygens (including phenoxy) is 2. The number of likely N-dealkylation sites (tertiary alicyclic amines) is 1. The minimum absolute atomic E-state index is 0.0393. The lowest BCUT2D eigenvalue weighted by molar-refractivity contribution is -0.385. The highest BCUT2D eigenvalue weighted by molar-refractivity contribution is 9.09. The summed E-state index contributed by atoms with van der Waals surface area (Å²) in [6.45, 7) is 4.81. The molecule has 0 saturated carbocycles. The third kappa shape index (κ3) is 5.27. The van der Waals surface area contributed by atoms with Crippen molar-refractivity contribution in [3.05, 3.63) is 27.8 Å². The second-order valence-electron chi connectivity index (χ2n) is 6.02. The van der Waals surface area contributed by atoms with Crippen LogP contribution in [0.3, 0.4) is 0 Å². The van der Waals surface area contributed by atoms with E-state index in [2.05, 4.69) is 29.8 Å². The molecule has 1 aliphatic heterocycles. The molecule has 0 unspecified atom stereocenters. The fourth-order valence-electron chi connectivity index (χ4n) is 3.28. The van der Waals surface area contributed by atoms with Gasteiger partial charge < -0.3 is 14.4 Å². The van der Waals surface area contributed by atoms with Crippen molar-refractivity contribution in [1.29, 1.82) is 0 Å². The Bertz CT molecular complexity index is 701. The van der Waals surface area contributed by atoms with E-state index in [1.807, 2.05) is 23.5 Å². The largest absolute Gasteiger partial charge is 0.493 e. The molecule has 1 aliphatic rings. The molecule has 10 heteroatoms. The smallest absolute Gasteiger partial charge is 0.286 e. The number of hydrogen-bond donors (Lipinski definition) is 0. The number of halogens is 1. The lowest BCUT2D eigenvalue weighted by Crippen LogP contribution is -2.41. The SMILES string of the molecule is CCSC(SCC)[C@@H]1CCCN1C(=O)c1cc(OC)c(OCBr)cc1[N+](=O)[O-]. The molecule has 156 valence electrons. The van der Waals surface area contributed by atoms with Crippen LogP contribution in [-0.4, -0.2) is 57.0 Å². The number of nitrogens with zero attached hydrogens (tertiary/aromatic N) is 2. The van der Waals surface area contributed by atoms with E-state index < -0.39 is 4.92 Å². The van der Waals surface area contributed by atoms with Gasteiger partial charge >= 0.3 is 0 Å². The van der Waals surface area contributed by atoms with E-state index in [1.54, 1.807) is 4.90 Å². The molecule has 1 heterocycles. The zero-order chi connectivity index (χ0) is 20.7. The summed E-state index contributed by atoms with van der Waals surface area (Å²) >= 11 is 6.79. The number of carbonyl (C=O) groups excluding carboxylic acids is 1. The number of benzene rings is 1. The zero-order valence-electron chi connectivity index (χ0n) is 16.2. The summed E-state index contributed by atoms with van der Waals surface area (Å²) in [5.74, 6) is 2.12. The molecule has 1 saturated heterocycles. The van der Waals surface area contributed by atoms with E-state index in [9.17, 15) is 14.9 Å². The number of nitro benzene ring substituents is 1. The summed E-state index contributed by atoms with van der Waals surface area (Å²) in [6, 6.07) is 2.74.